The van der Waals surface area contributed by atoms with Gasteiger partial charge in [-0.2, -0.15) is 0 Å². The highest BCUT2D eigenvalue weighted by Gasteiger charge is 2.44. The third-order valence-corrected chi connectivity index (χ3v) is 10.9. The Hall–Kier alpha value is -3.80. The van der Waals surface area contributed by atoms with E-state index in [2.05, 4.69) is 20.9 Å². The molecule has 10 nitrogen and oxygen atoms in total. The lowest BCUT2D eigenvalue weighted by molar-refractivity contribution is -0.134. The smallest absolute Gasteiger partial charge is 0.262 e. The van der Waals surface area contributed by atoms with Crippen molar-refractivity contribution >= 4 is 45.1 Å². The standard InChI is InChI=1S/C36H45N5O5S/c42-32(41-18-13-28(14-19-41)40-20-22-46-23-21-40)12-17-37-33(43)29(24-26-8-2-1-3-9-26)38-35(45)36(15-6-7-16-36)39-34(44)31-25-27-10-4-5-11-30(27)47-31/h1-5,8-11,25,28-29H,6-7,12-24H2,(H,37,43)(H,38,45)(H,39,44)/t29-/m1/s1. The van der Waals surface area contributed by atoms with Gasteiger partial charge in [-0.05, 0) is 48.8 Å². The number of morpholine rings is 1. The molecule has 1 aliphatic carbocycles. The number of ether oxygens (including phenoxy) is 1. The number of piperidine rings is 1. The third-order valence-electron chi connectivity index (χ3n) is 9.82. The van der Waals surface area contributed by atoms with Gasteiger partial charge in [0.2, 0.25) is 17.7 Å². The summed E-state index contributed by atoms with van der Waals surface area (Å²) >= 11 is 1.40. The topological polar surface area (TPSA) is 120 Å². The van der Waals surface area contributed by atoms with Crippen LogP contribution in [0.25, 0.3) is 10.1 Å². The molecule has 11 heteroatoms. The lowest BCUT2D eigenvalue weighted by Gasteiger charge is -2.40. The summed E-state index contributed by atoms with van der Waals surface area (Å²) in [6, 6.07) is 18.9. The van der Waals surface area contributed by atoms with E-state index < -0.39 is 11.6 Å². The van der Waals surface area contributed by atoms with E-state index >= 15 is 0 Å². The summed E-state index contributed by atoms with van der Waals surface area (Å²) in [6.45, 7) is 5.07. The van der Waals surface area contributed by atoms with Crippen molar-refractivity contribution in [2.75, 3.05) is 45.9 Å². The van der Waals surface area contributed by atoms with Crippen molar-refractivity contribution in [1.82, 2.24) is 25.8 Å². The number of amides is 4. The summed E-state index contributed by atoms with van der Waals surface area (Å²) in [7, 11) is 0. The van der Waals surface area contributed by atoms with Crippen molar-refractivity contribution in [2.45, 2.75) is 69.0 Å². The first-order valence-corrected chi connectivity index (χ1v) is 17.8. The molecular weight excluding hydrogens is 614 g/mol. The Morgan fingerprint density at radius 3 is 2.34 bits per heavy atom. The van der Waals surface area contributed by atoms with E-state index in [1.165, 1.54) is 11.3 Å². The maximum atomic E-state index is 14.0. The number of fused-ring (bicyclic) bond motifs is 1. The number of hydrogen-bond acceptors (Lipinski definition) is 7. The van der Waals surface area contributed by atoms with Crippen molar-refractivity contribution in [1.29, 1.82) is 0 Å². The number of hydrogen-bond donors (Lipinski definition) is 3. The number of thiophene rings is 1. The molecule has 3 aliphatic rings. The Morgan fingerprint density at radius 1 is 0.915 bits per heavy atom. The summed E-state index contributed by atoms with van der Waals surface area (Å²) in [5, 5.41) is 9.97. The molecule has 2 saturated heterocycles. The summed E-state index contributed by atoms with van der Waals surface area (Å²) in [5.74, 6) is -0.937. The number of benzene rings is 2. The average molecular weight is 660 g/mol. The SMILES string of the molecule is O=C(NC1(C(=O)N[C@H](Cc2ccccc2)C(=O)NCCC(=O)N2CCC(N3CCOCC3)CC2)CCCC1)c1cc2ccccc2s1. The first kappa shape index (κ1) is 33.1. The predicted octanol–water partition coefficient (Wildman–Crippen LogP) is 3.50. The maximum Gasteiger partial charge on any atom is 0.262 e. The van der Waals surface area contributed by atoms with E-state index in [-0.39, 0.29) is 36.6 Å². The van der Waals surface area contributed by atoms with Crippen LogP contribution >= 0.6 is 11.3 Å². The monoisotopic (exact) mass is 659 g/mol. The summed E-state index contributed by atoms with van der Waals surface area (Å²) in [6.07, 6.45) is 5.02. The number of nitrogens with zero attached hydrogens (tertiary/aromatic N) is 2. The van der Waals surface area contributed by atoms with E-state index in [9.17, 15) is 19.2 Å². The molecule has 3 fully saturated rings. The van der Waals surface area contributed by atoms with Gasteiger partial charge in [0.25, 0.3) is 5.91 Å². The summed E-state index contributed by atoms with van der Waals surface area (Å²) in [5.41, 5.74) is -0.187. The van der Waals surface area contributed by atoms with Gasteiger partial charge in [0.15, 0.2) is 0 Å². The van der Waals surface area contributed by atoms with E-state index in [4.69, 9.17) is 4.74 Å². The lowest BCUT2D eigenvalue weighted by Crippen LogP contribution is -2.61. The highest BCUT2D eigenvalue weighted by atomic mass is 32.1. The van der Waals surface area contributed by atoms with Crippen molar-refractivity contribution in [3.8, 4) is 0 Å². The van der Waals surface area contributed by atoms with Gasteiger partial charge in [-0.15, -0.1) is 11.3 Å². The van der Waals surface area contributed by atoms with Crippen LogP contribution in [-0.4, -0.2) is 97.0 Å². The van der Waals surface area contributed by atoms with Gasteiger partial charge < -0.3 is 25.6 Å². The molecule has 250 valence electrons. The Labute approximate surface area is 280 Å². The molecule has 1 atom stereocenters. The average Bonchev–Trinajstić information content (AvgIpc) is 3.77. The van der Waals surface area contributed by atoms with Crippen LogP contribution in [0.2, 0.25) is 0 Å². The Morgan fingerprint density at radius 2 is 1.62 bits per heavy atom. The third kappa shape index (κ3) is 8.20. The number of carbonyl (C=O) groups is 4. The number of rotatable bonds is 11. The fourth-order valence-corrected chi connectivity index (χ4v) is 8.07. The number of nitrogens with one attached hydrogen (secondary N) is 3. The van der Waals surface area contributed by atoms with Crippen LogP contribution < -0.4 is 16.0 Å². The van der Waals surface area contributed by atoms with Crippen LogP contribution in [0.5, 0.6) is 0 Å². The van der Waals surface area contributed by atoms with Gasteiger partial charge in [0, 0.05) is 56.3 Å². The Balaban J connectivity index is 1.06. The van der Waals surface area contributed by atoms with E-state index in [1.807, 2.05) is 65.6 Å². The zero-order chi connectivity index (χ0) is 32.6. The second kappa shape index (κ2) is 15.4. The van der Waals surface area contributed by atoms with Crippen LogP contribution in [0.15, 0.2) is 60.7 Å². The second-order valence-electron chi connectivity index (χ2n) is 12.9. The minimum Gasteiger partial charge on any atom is -0.379 e. The molecule has 3 heterocycles. The Kier molecular flexibility index (Phi) is 10.9. The molecular formula is C36H45N5O5S. The summed E-state index contributed by atoms with van der Waals surface area (Å²) < 4.78 is 6.49. The van der Waals surface area contributed by atoms with Crippen LogP contribution in [0.3, 0.4) is 0 Å². The van der Waals surface area contributed by atoms with Crippen LogP contribution in [0.1, 0.15) is 60.2 Å². The Bertz CT molecular complexity index is 1510. The highest BCUT2D eigenvalue weighted by molar-refractivity contribution is 7.20. The minimum absolute atomic E-state index is 0.0308. The van der Waals surface area contributed by atoms with Gasteiger partial charge in [-0.25, -0.2) is 0 Å². The molecule has 4 amide bonds. The second-order valence-corrected chi connectivity index (χ2v) is 14.0. The van der Waals surface area contributed by atoms with Crippen molar-refractivity contribution in [3.63, 3.8) is 0 Å². The normalized spacial score (nSPS) is 19.3. The van der Waals surface area contributed by atoms with Gasteiger partial charge in [-0.1, -0.05) is 61.4 Å². The van der Waals surface area contributed by atoms with Gasteiger partial charge in [0.1, 0.15) is 11.6 Å². The van der Waals surface area contributed by atoms with E-state index in [0.29, 0.717) is 30.2 Å². The molecule has 6 rings (SSSR count). The first-order chi connectivity index (χ1) is 22.9. The van der Waals surface area contributed by atoms with Gasteiger partial charge in [-0.3, -0.25) is 24.1 Å². The van der Waals surface area contributed by atoms with Crippen LogP contribution in [-0.2, 0) is 25.5 Å². The van der Waals surface area contributed by atoms with Crippen LogP contribution in [0.4, 0.5) is 0 Å². The predicted molar refractivity (Wildman–Crippen MR) is 182 cm³/mol. The zero-order valence-corrected chi connectivity index (χ0v) is 27.7. The fourth-order valence-electron chi connectivity index (χ4n) is 7.11. The van der Waals surface area contributed by atoms with Crippen molar-refractivity contribution < 1.29 is 23.9 Å². The maximum absolute atomic E-state index is 14.0. The van der Waals surface area contributed by atoms with Gasteiger partial charge in [0.05, 0.1) is 18.1 Å². The molecule has 0 unspecified atom stereocenters. The molecule has 0 bridgehead atoms. The van der Waals surface area contributed by atoms with Crippen molar-refractivity contribution in [3.05, 3.63) is 71.1 Å². The fraction of sp³-hybridized carbons (Fsp3) is 0.500. The zero-order valence-electron chi connectivity index (χ0n) is 26.9. The summed E-state index contributed by atoms with van der Waals surface area (Å²) in [4.78, 5) is 58.9. The molecule has 1 aromatic heterocycles. The first-order valence-electron chi connectivity index (χ1n) is 16.9. The largest absolute Gasteiger partial charge is 0.379 e. The van der Waals surface area contributed by atoms with E-state index in [1.54, 1.807) is 0 Å². The molecule has 1 saturated carbocycles. The lowest BCUT2D eigenvalue weighted by atomic mass is 9.94. The molecule has 0 spiro atoms. The number of likely N-dealkylation sites (tertiary alicyclic amines) is 1. The molecule has 2 aromatic carbocycles. The molecule has 47 heavy (non-hydrogen) atoms. The molecule has 2 aliphatic heterocycles. The molecule has 3 aromatic rings. The van der Waals surface area contributed by atoms with E-state index in [0.717, 1.165) is 80.7 Å². The van der Waals surface area contributed by atoms with Gasteiger partial charge >= 0.3 is 0 Å². The molecule has 3 N–H and O–H groups in total. The highest BCUT2D eigenvalue weighted by Crippen LogP contribution is 2.32. The van der Waals surface area contributed by atoms with Crippen molar-refractivity contribution in [2.24, 2.45) is 0 Å². The molecule has 0 radical (unpaired) electrons. The minimum atomic E-state index is -1.09. The van der Waals surface area contributed by atoms with Crippen LogP contribution in [0, 0.1) is 0 Å². The quantitative estimate of drug-likeness (QED) is 0.290. The number of carbonyl (C=O) groups excluding carboxylic acids is 4.